The molecule has 0 radical (unpaired) electrons. The van der Waals surface area contributed by atoms with E-state index in [-0.39, 0.29) is 23.4 Å². The molecule has 1 amide bonds. The Hall–Kier alpha value is -2.18. The van der Waals surface area contributed by atoms with E-state index in [0.717, 1.165) is 29.5 Å². The largest absolute Gasteiger partial charge is 0.337 e. The van der Waals surface area contributed by atoms with E-state index in [0.29, 0.717) is 19.4 Å². The van der Waals surface area contributed by atoms with Gasteiger partial charge in [-0.2, -0.15) is 0 Å². The molecule has 2 fully saturated rings. The Morgan fingerprint density at radius 2 is 1.79 bits per heavy atom. The highest BCUT2D eigenvalue weighted by atomic mass is 32.2. The highest BCUT2D eigenvalue weighted by molar-refractivity contribution is 7.88. The van der Waals surface area contributed by atoms with Crippen molar-refractivity contribution in [2.45, 2.75) is 44.7 Å². The molecule has 1 heterocycles. The molecule has 0 bridgehead atoms. The van der Waals surface area contributed by atoms with Crippen LogP contribution in [0.5, 0.6) is 0 Å². The van der Waals surface area contributed by atoms with Crippen molar-refractivity contribution in [2.75, 3.05) is 12.8 Å². The number of amides is 1. The monoisotopic (exact) mass is 412 g/mol. The zero-order chi connectivity index (χ0) is 20.6. The number of rotatable bonds is 6. The average molecular weight is 413 g/mol. The fraction of sp³-hybridized carbons (Fsp3) is 0.435. The summed E-state index contributed by atoms with van der Waals surface area (Å²) in [6.45, 7) is 2.62. The third-order valence-electron chi connectivity index (χ3n) is 6.17. The predicted molar refractivity (Wildman–Crippen MR) is 115 cm³/mol. The van der Waals surface area contributed by atoms with Crippen LogP contribution in [0.3, 0.4) is 0 Å². The molecular formula is C23H28N2O3S. The van der Waals surface area contributed by atoms with E-state index < -0.39 is 10.0 Å². The van der Waals surface area contributed by atoms with Crippen LogP contribution < -0.4 is 4.72 Å². The summed E-state index contributed by atoms with van der Waals surface area (Å²) in [4.78, 5) is 15.0. The van der Waals surface area contributed by atoms with Gasteiger partial charge in [0.1, 0.15) is 0 Å². The number of carbonyl (C=O) groups excluding carboxylic acids is 1. The maximum absolute atomic E-state index is 13.1. The van der Waals surface area contributed by atoms with Crippen LogP contribution in [0.2, 0.25) is 0 Å². The maximum Gasteiger partial charge on any atom is 0.228 e. The van der Waals surface area contributed by atoms with Crippen LogP contribution in [-0.4, -0.2) is 44.1 Å². The van der Waals surface area contributed by atoms with Crippen molar-refractivity contribution < 1.29 is 13.2 Å². The van der Waals surface area contributed by atoms with E-state index in [2.05, 4.69) is 35.1 Å². The van der Waals surface area contributed by atoms with Gasteiger partial charge in [-0.05, 0) is 42.4 Å². The van der Waals surface area contributed by atoms with Crippen molar-refractivity contribution in [2.24, 2.45) is 5.41 Å². The summed E-state index contributed by atoms with van der Waals surface area (Å²) >= 11 is 0. The van der Waals surface area contributed by atoms with Crippen molar-refractivity contribution in [3.05, 3.63) is 60.2 Å². The molecule has 2 atom stereocenters. The van der Waals surface area contributed by atoms with Gasteiger partial charge in [0.25, 0.3) is 0 Å². The first kappa shape index (κ1) is 20.1. The number of benzene rings is 2. The SMILES string of the molecule is CC1(C(=O)N2CC[C@H](NS(C)(=O)=O)[C@@H]2Cc2cccc(-c3ccccc3)c2)CC1. The quantitative estimate of drug-likeness (QED) is 0.792. The third kappa shape index (κ3) is 4.54. The molecule has 6 heteroatoms. The summed E-state index contributed by atoms with van der Waals surface area (Å²) in [5.74, 6) is 0.166. The van der Waals surface area contributed by atoms with E-state index in [1.54, 1.807) is 0 Å². The minimum absolute atomic E-state index is 0.166. The van der Waals surface area contributed by atoms with Gasteiger partial charge in [0, 0.05) is 18.0 Å². The lowest BCUT2D eigenvalue weighted by atomic mass is 9.96. The van der Waals surface area contributed by atoms with Crippen LogP contribution in [0.1, 0.15) is 31.7 Å². The fourth-order valence-electron chi connectivity index (χ4n) is 4.27. The second kappa shape index (κ2) is 7.58. The predicted octanol–water partition coefficient (Wildman–Crippen LogP) is 3.21. The van der Waals surface area contributed by atoms with Crippen LogP contribution in [0.4, 0.5) is 0 Å². The van der Waals surface area contributed by atoms with Gasteiger partial charge >= 0.3 is 0 Å². The van der Waals surface area contributed by atoms with Crippen molar-refractivity contribution in [3.63, 3.8) is 0 Å². The molecule has 5 nitrogen and oxygen atoms in total. The number of carbonyl (C=O) groups is 1. The van der Waals surface area contributed by atoms with Gasteiger partial charge in [0.2, 0.25) is 15.9 Å². The summed E-state index contributed by atoms with van der Waals surface area (Å²) in [5.41, 5.74) is 3.12. The smallest absolute Gasteiger partial charge is 0.228 e. The summed E-state index contributed by atoms with van der Waals surface area (Å²) in [6.07, 6.45) is 4.31. The van der Waals surface area contributed by atoms with Crippen LogP contribution in [0.15, 0.2) is 54.6 Å². The van der Waals surface area contributed by atoms with E-state index in [1.807, 2.05) is 36.1 Å². The lowest BCUT2D eigenvalue weighted by Gasteiger charge is -2.30. The molecule has 154 valence electrons. The van der Waals surface area contributed by atoms with Crippen LogP contribution in [0, 0.1) is 5.41 Å². The molecule has 0 spiro atoms. The van der Waals surface area contributed by atoms with Crippen LogP contribution in [-0.2, 0) is 21.2 Å². The van der Waals surface area contributed by atoms with Gasteiger partial charge in [0.05, 0.1) is 12.3 Å². The molecule has 2 aromatic carbocycles. The second-order valence-electron chi connectivity index (χ2n) is 8.68. The van der Waals surface area contributed by atoms with Gasteiger partial charge in [-0.3, -0.25) is 4.79 Å². The molecule has 1 aliphatic heterocycles. The number of hydrogen-bond acceptors (Lipinski definition) is 3. The van der Waals surface area contributed by atoms with Gasteiger partial charge in [-0.25, -0.2) is 13.1 Å². The Morgan fingerprint density at radius 3 is 2.45 bits per heavy atom. The first-order valence-electron chi connectivity index (χ1n) is 10.2. The van der Waals surface area contributed by atoms with Gasteiger partial charge in [-0.1, -0.05) is 61.5 Å². The average Bonchev–Trinajstić information content (AvgIpc) is 3.34. The molecule has 1 N–H and O–H groups in total. The zero-order valence-corrected chi connectivity index (χ0v) is 17.8. The molecule has 1 saturated carbocycles. The van der Waals surface area contributed by atoms with Crippen molar-refractivity contribution in [1.82, 2.24) is 9.62 Å². The number of likely N-dealkylation sites (tertiary alicyclic amines) is 1. The van der Waals surface area contributed by atoms with Crippen LogP contribution in [0.25, 0.3) is 11.1 Å². The summed E-state index contributed by atoms with van der Waals surface area (Å²) in [6, 6.07) is 18.1. The molecular weight excluding hydrogens is 384 g/mol. The lowest BCUT2D eigenvalue weighted by Crippen LogP contribution is -2.49. The topological polar surface area (TPSA) is 66.5 Å². The number of nitrogens with one attached hydrogen (secondary N) is 1. The Bertz CT molecular complexity index is 1000. The minimum atomic E-state index is -3.34. The van der Waals surface area contributed by atoms with E-state index in [4.69, 9.17) is 0 Å². The number of sulfonamides is 1. The molecule has 1 aliphatic carbocycles. The molecule has 2 aromatic rings. The summed E-state index contributed by atoms with van der Waals surface area (Å²) < 4.78 is 26.6. The van der Waals surface area contributed by atoms with Gasteiger partial charge in [0.15, 0.2) is 0 Å². The fourth-order valence-corrected chi connectivity index (χ4v) is 5.09. The van der Waals surface area contributed by atoms with E-state index in [9.17, 15) is 13.2 Å². The Labute approximate surface area is 173 Å². The Balaban J connectivity index is 1.61. The Kier molecular flexibility index (Phi) is 5.25. The molecule has 0 aromatic heterocycles. The van der Waals surface area contributed by atoms with E-state index in [1.165, 1.54) is 6.26 Å². The number of hydrogen-bond donors (Lipinski definition) is 1. The van der Waals surface area contributed by atoms with Gasteiger partial charge < -0.3 is 4.90 Å². The molecule has 1 saturated heterocycles. The molecule has 2 aliphatic rings. The molecule has 4 rings (SSSR count). The minimum Gasteiger partial charge on any atom is -0.337 e. The summed E-state index contributed by atoms with van der Waals surface area (Å²) in [5, 5.41) is 0. The Morgan fingerprint density at radius 1 is 1.10 bits per heavy atom. The molecule has 0 unspecified atom stereocenters. The summed E-state index contributed by atoms with van der Waals surface area (Å²) in [7, 11) is -3.34. The van der Waals surface area contributed by atoms with Crippen LogP contribution >= 0.6 is 0 Å². The van der Waals surface area contributed by atoms with Crippen molar-refractivity contribution in [1.29, 1.82) is 0 Å². The van der Waals surface area contributed by atoms with Gasteiger partial charge in [-0.15, -0.1) is 0 Å². The first-order valence-corrected chi connectivity index (χ1v) is 12.1. The zero-order valence-electron chi connectivity index (χ0n) is 17.0. The highest BCUT2D eigenvalue weighted by Crippen LogP contribution is 2.47. The third-order valence-corrected chi connectivity index (χ3v) is 6.90. The highest BCUT2D eigenvalue weighted by Gasteiger charge is 2.51. The second-order valence-corrected chi connectivity index (χ2v) is 10.5. The van der Waals surface area contributed by atoms with Crippen molar-refractivity contribution >= 4 is 15.9 Å². The first-order chi connectivity index (χ1) is 13.8. The van der Waals surface area contributed by atoms with E-state index >= 15 is 0 Å². The standard InChI is InChI=1S/C23H28N2O3S/c1-23(12-13-23)22(26)25-14-11-20(24-29(2,27)28)21(25)16-17-7-6-10-19(15-17)18-8-4-3-5-9-18/h3-10,15,20-21,24H,11-14,16H2,1-2H3/t20-,21-/m0/s1. The maximum atomic E-state index is 13.1. The van der Waals surface area contributed by atoms with Crippen molar-refractivity contribution in [3.8, 4) is 11.1 Å². The number of nitrogens with zero attached hydrogens (tertiary/aromatic N) is 1. The molecule has 29 heavy (non-hydrogen) atoms. The normalized spacial score (nSPS) is 23.2. The lowest BCUT2D eigenvalue weighted by molar-refractivity contribution is -0.137.